The summed E-state index contributed by atoms with van der Waals surface area (Å²) >= 11 is 0. The molecule has 2 aromatic carbocycles. The number of carboxylic acids is 2. The smallest absolute Gasteiger partial charge is 0.336 e. The molecule has 3 N–H and O–H groups in total. The summed E-state index contributed by atoms with van der Waals surface area (Å²) in [5.41, 5.74) is 2.14. The summed E-state index contributed by atoms with van der Waals surface area (Å²) in [6, 6.07) is 9.94. The van der Waals surface area contributed by atoms with Gasteiger partial charge in [0.15, 0.2) is 5.43 Å². The fourth-order valence-corrected chi connectivity index (χ4v) is 3.96. The van der Waals surface area contributed by atoms with Gasteiger partial charge in [-0.15, -0.1) is 0 Å². The fraction of sp³-hybridized carbons (Fsp3) is 0.160. The van der Waals surface area contributed by atoms with Crippen LogP contribution in [0.15, 0.2) is 51.7 Å². The zero-order valence-corrected chi connectivity index (χ0v) is 17.4. The highest BCUT2D eigenvalue weighted by Crippen LogP contribution is 2.43. The Labute approximate surface area is 182 Å². The van der Waals surface area contributed by atoms with Gasteiger partial charge < -0.3 is 19.7 Å². The summed E-state index contributed by atoms with van der Waals surface area (Å²) in [6.07, 6.45) is 0.975. The number of phenols is 1. The largest absolute Gasteiger partial charge is 0.508 e. The van der Waals surface area contributed by atoms with E-state index in [2.05, 4.69) is 0 Å². The molecule has 1 aliphatic carbocycles. The van der Waals surface area contributed by atoms with Gasteiger partial charge >= 0.3 is 11.9 Å². The van der Waals surface area contributed by atoms with Gasteiger partial charge in [0.05, 0.1) is 11.1 Å². The minimum absolute atomic E-state index is 0.0133. The van der Waals surface area contributed by atoms with Gasteiger partial charge in [0, 0.05) is 34.2 Å². The lowest BCUT2D eigenvalue weighted by molar-refractivity contribution is 0.0682. The molecule has 0 saturated heterocycles. The van der Waals surface area contributed by atoms with Crippen LogP contribution in [0.3, 0.4) is 0 Å². The number of fused-ring (bicyclic) bond motifs is 2. The number of carboxylic acid groups (broad SMARTS) is 2. The molecule has 0 spiro atoms. The number of aromatic hydroxyl groups is 1. The Bertz CT molecular complexity index is 1430. The molecule has 0 saturated carbocycles. The SMILES string of the molecule is CCc1cc2c(-c3cc(C(=O)O)ccc3C(=O)O)c3cc(CC)c(=O)cc-3oc2cc1O. The van der Waals surface area contributed by atoms with E-state index in [0.717, 1.165) is 0 Å². The standard InChI is InChI=1S/C25H20O7/c1-3-12-7-17-21(10-19(12)26)32-22-11-20(27)13(4-2)8-18(22)23(17)16-9-14(24(28)29)5-6-15(16)25(30)31/h5-11,26H,3-4H2,1-2H3,(H,28,29)(H,30,31). The molecule has 4 rings (SSSR count). The summed E-state index contributed by atoms with van der Waals surface area (Å²) in [5, 5.41) is 30.2. The highest BCUT2D eigenvalue weighted by molar-refractivity contribution is 6.09. The molecular weight excluding hydrogens is 412 g/mol. The number of phenolic OH excluding ortho intramolecular Hbond substituents is 1. The molecule has 7 heteroatoms. The molecule has 0 fully saturated rings. The van der Waals surface area contributed by atoms with E-state index in [4.69, 9.17) is 4.42 Å². The molecule has 1 aliphatic heterocycles. The molecule has 162 valence electrons. The Morgan fingerprint density at radius 1 is 0.875 bits per heavy atom. The first kappa shape index (κ1) is 21.1. The summed E-state index contributed by atoms with van der Waals surface area (Å²) in [5.74, 6) is -2.18. The Morgan fingerprint density at radius 2 is 1.59 bits per heavy atom. The van der Waals surface area contributed by atoms with Crippen LogP contribution < -0.4 is 5.43 Å². The molecular formula is C25H20O7. The molecule has 32 heavy (non-hydrogen) atoms. The second kappa shape index (κ2) is 7.85. The molecule has 0 bridgehead atoms. The summed E-state index contributed by atoms with van der Waals surface area (Å²) in [6.45, 7) is 3.70. The molecule has 2 aliphatic rings. The van der Waals surface area contributed by atoms with Crippen LogP contribution in [0.2, 0.25) is 0 Å². The number of aryl methyl sites for hydroxylation is 2. The fourth-order valence-electron chi connectivity index (χ4n) is 3.96. The molecule has 7 nitrogen and oxygen atoms in total. The van der Waals surface area contributed by atoms with E-state index in [9.17, 15) is 29.7 Å². The van der Waals surface area contributed by atoms with Crippen molar-refractivity contribution >= 4 is 22.9 Å². The zero-order valence-electron chi connectivity index (χ0n) is 17.4. The van der Waals surface area contributed by atoms with E-state index in [0.29, 0.717) is 40.5 Å². The maximum atomic E-state index is 12.5. The van der Waals surface area contributed by atoms with Crippen molar-refractivity contribution in [1.82, 2.24) is 0 Å². The van der Waals surface area contributed by atoms with E-state index in [1.165, 1.54) is 30.3 Å². The average molecular weight is 432 g/mol. The predicted molar refractivity (Wildman–Crippen MR) is 119 cm³/mol. The van der Waals surface area contributed by atoms with E-state index < -0.39 is 11.9 Å². The number of aromatic carboxylic acids is 2. The van der Waals surface area contributed by atoms with Crippen molar-refractivity contribution in [2.24, 2.45) is 0 Å². The van der Waals surface area contributed by atoms with E-state index in [-0.39, 0.29) is 39.2 Å². The third kappa shape index (κ3) is 3.37. The summed E-state index contributed by atoms with van der Waals surface area (Å²) in [7, 11) is 0. The number of hydrogen-bond acceptors (Lipinski definition) is 5. The molecule has 0 atom stereocenters. The van der Waals surface area contributed by atoms with Gasteiger partial charge in [0.2, 0.25) is 0 Å². The number of rotatable bonds is 5. The van der Waals surface area contributed by atoms with Crippen LogP contribution in [0.1, 0.15) is 45.7 Å². The normalized spacial score (nSPS) is 11.2. The molecule has 2 aromatic rings. The Balaban J connectivity index is 2.27. The van der Waals surface area contributed by atoms with Crippen LogP contribution in [0.4, 0.5) is 0 Å². The van der Waals surface area contributed by atoms with Crippen LogP contribution in [0, 0.1) is 0 Å². The summed E-state index contributed by atoms with van der Waals surface area (Å²) < 4.78 is 5.92. The molecule has 0 unspecified atom stereocenters. The second-order valence-corrected chi connectivity index (χ2v) is 7.49. The van der Waals surface area contributed by atoms with Crippen LogP contribution in [0.25, 0.3) is 33.4 Å². The first-order valence-electron chi connectivity index (χ1n) is 10.1. The van der Waals surface area contributed by atoms with Gasteiger partial charge in [-0.25, -0.2) is 9.59 Å². The van der Waals surface area contributed by atoms with Crippen molar-refractivity contribution in [3.05, 3.63) is 74.9 Å². The van der Waals surface area contributed by atoms with E-state index >= 15 is 0 Å². The highest BCUT2D eigenvalue weighted by Gasteiger charge is 2.24. The van der Waals surface area contributed by atoms with E-state index in [1.807, 2.05) is 13.8 Å². The van der Waals surface area contributed by atoms with Crippen molar-refractivity contribution in [3.8, 4) is 28.2 Å². The minimum atomic E-state index is -1.22. The lowest BCUT2D eigenvalue weighted by atomic mass is 9.88. The Kier molecular flexibility index (Phi) is 5.18. The first-order valence-corrected chi connectivity index (χ1v) is 10.1. The monoisotopic (exact) mass is 432 g/mol. The number of carbonyl (C=O) groups is 2. The molecule has 0 radical (unpaired) electrons. The minimum Gasteiger partial charge on any atom is -0.508 e. The quantitative estimate of drug-likeness (QED) is 0.387. The third-order valence-electron chi connectivity index (χ3n) is 5.63. The van der Waals surface area contributed by atoms with Gasteiger partial charge in [-0.05, 0) is 54.3 Å². The van der Waals surface area contributed by atoms with Crippen molar-refractivity contribution < 1.29 is 29.3 Å². The average Bonchev–Trinajstić information content (AvgIpc) is 2.76. The topological polar surface area (TPSA) is 125 Å². The molecule has 1 heterocycles. The maximum Gasteiger partial charge on any atom is 0.336 e. The zero-order chi connectivity index (χ0) is 23.2. The molecule has 0 aromatic heterocycles. The van der Waals surface area contributed by atoms with Gasteiger partial charge in [0.1, 0.15) is 17.1 Å². The van der Waals surface area contributed by atoms with Crippen molar-refractivity contribution in [1.29, 1.82) is 0 Å². The van der Waals surface area contributed by atoms with Gasteiger partial charge in [-0.3, -0.25) is 4.79 Å². The van der Waals surface area contributed by atoms with Crippen molar-refractivity contribution in [2.45, 2.75) is 26.7 Å². The Hall–Kier alpha value is -4.13. The van der Waals surface area contributed by atoms with Crippen LogP contribution in [-0.4, -0.2) is 27.3 Å². The second-order valence-electron chi connectivity index (χ2n) is 7.49. The van der Waals surface area contributed by atoms with Gasteiger partial charge in [-0.1, -0.05) is 13.8 Å². The van der Waals surface area contributed by atoms with E-state index in [1.54, 1.807) is 12.1 Å². The maximum absolute atomic E-state index is 12.5. The Morgan fingerprint density at radius 3 is 2.22 bits per heavy atom. The highest BCUT2D eigenvalue weighted by atomic mass is 16.4. The van der Waals surface area contributed by atoms with Crippen molar-refractivity contribution in [3.63, 3.8) is 0 Å². The first-order chi connectivity index (χ1) is 15.2. The van der Waals surface area contributed by atoms with Crippen molar-refractivity contribution in [2.75, 3.05) is 0 Å². The van der Waals surface area contributed by atoms with Gasteiger partial charge in [0.25, 0.3) is 0 Å². The summed E-state index contributed by atoms with van der Waals surface area (Å²) in [4.78, 5) is 36.1. The van der Waals surface area contributed by atoms with Crippen LogP contribution in [-0.2, 0) is 12.8 Å². The predicted octanol–water partition coefficient (Wildman–Crippen LogP) is 4.79. The molecule has 0 amide bonds. The number of hydrogen-bond donors (Lipinski definition) is 3. The van der Waals surface area contributed by atoms with Crippen LogP contribution >= 0.6 is 0 Å². The third-order valence-corrected chi connectivity index (χ3v) is 5.63. The van der Waals surface area contributed by atoms with Gasteiger partial charge in [-0.2, -0.15) is 0 Å². The van der Waals surface area contributed by atoms with Crippen LogP contribution in [0.5, 0.6) is 5.75 Å². The lowest BCUT2D eigenvalue weighted by Crippen LogP contribution is -2.09. The lowest BCUT2D eigenvalue weighted by Gasteiger charge is -2.19. The number of benzene rings is 3.